The van der Waals surface area contributed by atoms with Crippen LogP contribution in [-0.2, 0) is 13.6 Å². The molecule has 1 saturated heterocycles. The highest BCUT2D eigenvalue weighted by Gasteiger charge is 2.31. The number of halogens is 3. The monoisotopic (exact) mass is 444 g/mol. The number of aromatic amines is 1. The minimum Gasteiger partial charge on any atom is -0.355 e. The second kappa shape index (κ2) is 7.80. The van der Waals surface area contributed by atoms with Crippen molar-refractivity contribution in [3.63, 3.8) is 0 Å². The predicted octanol–water partition coefficient (Wildman–Crippen LogP) is 4.75. The number of rotatable bonds is 5. The van der Waals surface area contributed by atoms with E-state index >= 15 is 0 Å². The zero-order valence-electron chi connectivity index (χ0n) is 15.9. The maximum atomic E-state index is 14.4. The molecule has 0 bridgehead atoms. The smallest absolute Gasteiger partial charge is 0.330 e. The minimum atomic E-state index is -3.07. The molecule has 0 radical (unpaired) electrons. The molecule has 1 aliphatic heterocycles. The number of aromatic nitrogens is 3. The molecular formula is C18H20ClF2N4O3P. The quantitative estimate of drug-likeness (QED) is 0.452. The summed E-state index contributed by atoms with van der Waals surface area (Å²) in [4.78, 5) is 13.5. The molecule has 2 aromatic heterocycles. The predicted molar refractivity (Wildman–Crippen MR) is 108 cm³/mol. The third-order valence-corrected chi connectivity index (χ3v) is 7.61. The fourth-order valence-corrected chi connectivity index (χ4v) is 5.47. The highest BCUT2D eigenvalue weighted by atomic mass is 35.5. The van der Waals surface area contributed by atoms with Gasteiger partial charge in [0.15, 0.2) is 5.82 Å². The Labute approximate surface area is 170 Å². The number of anilines is 1. The molecule has 4 rings (SSSR count). The van der Waals surface area contributed by atoms with E-state index in [1.54, 1.807) is 0 Å². The molecule has 3 heterocycles. The fourth-order valence-electron chi connectivity index (χ4n) is 3.86. The van der Waals surface area contributed by atoms with Crippen LogP contribution in [0.3, 0.4) is 0 Å². The highest BCUT2D eigenvalue weighted by molar-refractivity contribution is 7.53. The van der Waals surface area contributed by atoms with Crippen molar-refractivity contribution in [2.24, 2.45) is 5.92 Å². The Kier molecular flexibility index (Phi) is 5.50. The molecule has 7 nitrogen and oxygen atoms in total. The molecule has 156 valence electrons. The van der Waals surface area contributed by atoms with Crippen molar-refractivity contribution in [3.8, 4) is 0 Å². The molecule has 0 atom stereocenters. The Morgan fingerprint density at radius 3 is 2.59 bits per heavy atom. The summed E-state index contributed by atoms with van der Waals surface area (Å²) >= 11 is 6.11. The van der Waals surface area contributed by atoms with E-state index < -0.39 is 19.2 Å². The molecule has 11 heteroatoms. The standard InChI is InChI=1S/C18H20ClF2N4O3P/c1-27-29(26,28-2)9-10-3-5-25(6-4-10)17-16-15(23-18(19)24-17)14-12(21)7-11(20)8-13(14)22-16/h7-8,10,22H,3-6,9H2,1-2H3. The summed E-state index contributed by atoms with van der Waals surface area (Å²) in [5, 5.41) is 0.172. The third kappa shape index (κ3) is 3.84. The zero-order chi connectivity index (χ0) is 20.8. The van der Waals surface area contributed by atoms with Crippen LogP contribution < -0.4 is 4.90 Å². The molecule has 3 aromatic rings. The molecular weight excluding hydrogens is 425 g/mol. The molecule has 0 amide bonds. The molecule has 1 fully saturated rings. The first-order chi connectivity index (χ1) is 13.8. The van der Waals surface area contributed by atoms with Crippen molar-refractivity contribution < 1.29 is 22.4 Å². The summed E-state index contributed by atoms with van der Waals surface area (Å²) in [6.45, 7) is 1.26. The number of H-pyrrole nitrogens is 1. The van der Waals surface area contributed by atoms with Crippen molar-refractivity contribution in [1.82, 2.24) is 15.0 Å². The Balaban J connectivity index is 1.65. The van der Waals surface area contributed by atoms with Crippen LogP contribution in [0.15, 0.2) is 12.1 Å². The van der Waals surface area contributed by atoms with Gasteiger partial charge in [0, 0.05) is 33.4 Å². The Morgan fingerprint density at radius 1 is 1.24 bits per heavy atom. The van der Waals surface area contributed by atoms with Gasteiger partial charge in [0.2, 0.25) is 5.28 Å². The second-order valence-corrected chi connectivity index (χ2v) is 9.72. The first kappa shape index (κ1) is 20.5. The van der Waals surface area contributed by atoms with Crippen LogP contribution in [0.1, 0.15) is 12.8 Å². The van der Waals surface area contributed by atoms with Crippen LogP contribution in [0.4, 0.5) is 14.6 Å². The van der Waals surface area contributed by atoms with Crippen molar-refractivity contribution in [3.05, 3.63) is 29.1 Å². The number of nitrogens with one attached hydrogen (secondary N) is 1. The minimum absolute atomic E-state index is 0.0116. The Hall–Kier alpha value is -1.80. The molecule has 1 aliphatic rings. The maximum absolute atomic E-state index is 14.4. The topological polar surface area (TPSA) is 80.3 Å². The van der Waals surface area contributed by atoms with Crippen LogP contribution in [-0.4, -0.2) is 48.4 Å². The van der Waals surface area contributed by atoms with Gasteiger partial charge in [-0.25, -0.2) is 13.8 Å². The molecule has 0 spiro atoms. The average Bonchev–Trinajstić information content (AvgIpc) is 3.06. The van der Waals surface area contributed by atoms with E-state index in [0.717, 1.165) is 18.9 Å². The van der Waals surface area contributed by atoms with E-state index in [0.29, 0.717) is 41.6 Å². The summed E-state index contributed by atoms with van der Waals surface area (Å²) in [6.07, 6.45) is 1.86. The number of benzene rings is 1. The van der Waals surface area contributed by atoms with Crippen LogP contribution in [0.25, 0.3) is 21.9 Å². The van der Waals surface area contributed by atoms with Crippen LogP contribution in [0.5, 0.6) is 0 Å². The van der Waals surface area contributed by atoms with Gasteiger partial charge < -0.3 is 18.9 Å². The van der Waals surface area contributed by atoms with Crippen molar-refractivity contribution in [2.75, 3.05) is 38.4 Å². The lowest BCUT2D eigenvalue weighted by Crippen LogP contribution is -2.35. The maximum Gasteiger partial charge on any atom is 0.330 e. The summed E-state index contributed by atoms with van der Waals surface area (Å²) in [5.41, 5.74) is 1.12. The van der Waals surface area contributed by atoms with E-state index in [1.165, 1.54) is 20.3 Å². The number of nitrogens with zero attached hydrogens (tertiary/aromatic N) is 3. The summed E-state index contributed by atoms with van der Waals surface area (Å²) in [5.74, 6) is -0.667. The summed E-state index contributed by atoms with van der Waals surface area (Å²) in [7, 11) is -0.295. The van der Waals surface area contributed by atoms with Gasteiger partial charge in [0.05, 0.1) is 17.1 Å². The summed E-state index contributed by atoms with van der Waals surface area (Å²) in [6, 6.07) is 2.04. The Bertz CT molecular complexity index is 1110. The second-order valence-electron chi connectivity index (χ2n) is 7.06. The fraction of sp³-hybridized carbons (Fsp3) is 0.444. The highest BCUT2D eigenvalue weighted by Crippen LogP contribution is 2.49. The van der Waals surface area contributed by atoms with Crippen molar-refractivity contribution in [2.45, 2.75) is 12.8 Å². The van der Waals surface area contributed by atoms with Crippen LogP contribution in [0.2, 0.25) is 5.28 Å². The largest absolute Gasteiger partial charge is 0.355 e. The van der Waals surface area contributed by atoms with Gasteiger partial charge in [-0.1, -0.05) is 0 Å². The lowest BCUT2D eigenvalue weighted by atomic mass is 9.99. The van der Waals surface area contributed by atoms with E-state index in [4.69, 9.17) is 20.6 Å². The lowest BCUT2D eigenvalue weighted by molar-refractivity contribution is 0.265. The number of piperidine rings is 1. The van der Waals surface area contributed by atoms with Gasteiger partial charge >= 0.3 is 7.60 Å². The van der Waals surface area contributed by atoms with Crippen LogP contribution in [0, 0.1) is 17.6 Å². The normalized spacial score (nSPS) is 16.2. The third-order valence-electron chi connectivity index (χ3n) is 5.37. The average molecular weight is 445 g/mol. The van der Waals surface area contributed by atoms with Crippen molar-refractivity contribution in [1.29, 1.82) is 0 Å². The lowest BCUT2D eigenvalue weighted by Gasteiger charge is -2.33. The van der Waals surface area contributed by atoms with Gasteiger partial charge in [-0.05, 0) is 36.4 Å². The first-order valence-electron chi connectivity index (χ1n) is 9.13. The van der Waals surface area contributed by atoms with Gasteiger partial charge in [0.1, 0.15) is 22.7 Å². The number of hydrogen-bond donors (Lipinski definition) is 1. The van der Waals surface area contributed by atoms with Crippen LogP contribution >= 0.6 is 19.2 Å². The van der Waals surface area contributed by atoms with E-state index in [1.807, 2.05) is 4.90 Å². The molecule has 0 saturated carbocycles. The van der Waals surface area contributed by atoms with Crippen molar-refractivity contribution >= 4 is 47.0 Å². The summed E-state index contributed by atoms with van der Waals surface area (Å²) < 4.78 is 50.4. The zero-order valence-corrected chi connectivity index (χ0v) is 17.6. The molecule has 29 heavy (non-hydrogen) atoms. The van der Waals surface area contributed by atoms with Gasteiger partial charge in [-0.3, -0.25) is 4.57 Å². The Morgan fingerprint density at radius 2 is 1.93 bits per heavy atom. The van der Waals surface area contributed by atoms with E-state index in [2.05, 4.69) is 15.0 Å². The van der Waals surface area contributed by atoms with E-state index in [-0.39, 0.29) is 16.6 Å². The number of hydrogen-bond acceptors (Lipinski definition) is 6. The van der Waals surface area contributed by atoms with Gasteiger partial charge in [-0.2, -0.15) is 4.98 Å². The molecule has 0 unspecified atom stereocenters. The molecule has 0 aliphatic carbocycles. The first-order valence-corrected chi connectivity index (χ1v) is 11.2. The molecule has 1 aromatic carbocycles. The SMILES string of the molecule is COP(=O)(CC1CCN(c2nc(Cl)nc3c2[nH]c2cc(F)cc(F)c23)CC1)OC. The molecule has 1 N–H and O–H groups in total. The van der Waals surface area contributed by atoms with E-state index in [9.17, 15) is 13.3 Å². The van der Waals surface area contributed by atoms with Gasteiger partial charge in [0.25, 0.3) is 0 Å². The number of fused-ring (bicyclic) bond motifs is 3. The van der Waals surface area contributed by atoms with Gasteiger partial charge in [-0.15, -0.1) is 0 Å².